The number of rotatable bonds is 0. The number of nitrogens with zero attached hydrogens (tertiary/aromatic N) is 2. The second-order valence-corrected chi connectivity index (χ2v) is 2.64. The zero-order valence-corrected chi connectivity index (χ0v) is 7.72. The van der Waals surface area contributed by atoms with E-state index >= 15 is 0 Å². The van der Waals surface area contributed by atoms with Crippen LogP contribution in [0.4, 0.5) is 0 Å². The molecule has 0 bridgehead atoms. The molecule has 1 heterocycles. The van der Waals surface area contributed by atoms with Gasteiger partial charge in [0.25, 0.3) is 0 Å². The Bertz CT molecular complexity index is 283. The van der Waals surface area contributed by atoms with Crippen LogP contribution in [-0.2, 0) is 0 Å². The van der Waals surface area contributed by atoms with Crippen molar-refractivity contribution < 1.29 is 0 Å². The van der Waals surface area contributed by atoms with E-state index in [9.17, 15) is 0 Å². The van der Waals surface area contributed by atoms with Crippen molar-refractivity contribution in [3.8, 4) is 0 Å². The fourth-order valence-corrected chi connectivity index (χ4v) is 0.813. The monoisotopic (exact) mass is 192 g/mol. The summed E-state index contributed by atoms with van der Waals surface area (Å²) in [6.07, 6.45) is 4.88. The summed E-state index contributed by atoms with van der Waals surface area (Å²) in [4.78, 5) is 7.35. The molecular formula is C10H9ClN2. The summed E-state index contributed by atoms with van der Waals surface area (Å²) in [7, 11) is 0. The molecular weight excluding hydrogens is 184 g/mol. The van der Waals surface area contributed by atoms with Crippen molar-refractivity contribution in [2.75, 3.05) is 0 Å². The van der Waals surface area contributed by atoms with Crippen molar-refractivity contribution in [3.63, 3.8) is 0 Å². The van der Waals surface area contributed by atoms with E-state index in [0.717, 1.165) is 5.02 Å². The summed E-state index contributed by atoms with van der Waals surface area (Å²) in [6, 6.07) is 11.2. The van der Waals surface area contributed by atoms with Crippen molar-refractivity contribution in [3.05, 3.63) is 60.1 Å². The van der Waals surface area contributed by atoms with Gasteiger partial charge in [-0.2, -0.15) is 0 Å². The quantitative estimate of drug-likeness (QED) is 0.642. The maximum absolute atomic E-state index is 5.54. The van der Waals surface area contributed by atoms with Gasteiger partial charge in [0.1, 0.15) is 6.33 Å². The fraction of sp³-hybridized carbons (Fsp3) is 0. The van der Waals surface area contributed by atoms with Gasteiger partial charge in [-0.1, -0.05) is 29.8 Å². The first-order chi connectivity index (χ1) is 6.39. The Hall–Kier alpha value is -1.41. The summed E-state index contributed by atoms with van der Waals surface area (Å²) in [6.45, 7) is 0. The third-order valence-electron chi connectivity index (χ3n) is 1.21. The van der Waals surface area contributed by atoms with Crippen LogP contribution in [0.2, 0.25) is 5.02 Å². The molecule has 2 rings (SSSR count). The predicted molar refractivity (Wildman–Crippen MR) is 53.5 cm³/mol. The van der Waals surface area contributed by atoms with E-state index in [1.165, 1.54) is 6.33 Å². The minimum atomic E-state index is 0.794. The van der Waals surface area contributed by atoms with Gasteiger partial charge < -0.3 is 0 Å². The summed E-state index contributed by atoms with van der Waals surface area (Å²) in [5.74, 6) is 0. The minimum Gasteiger partial charge on any atom is -0.245 e. The lowest BCUT2D eigenvalue weighted by Gasteiger charge is -1.80. The van der Waals surface area contributed by atoms with Crippen LogP contribution in [0.15, 0.2) is 55.1 Å². The lowest BCUT2D eigenvalue weighted by atomic mass is 10.4. The predicted octanol–water partition coefficient (Wildman–Crippen LogP) is 2.82. The summed E-state index contributed by atoms with van der Waals surface area (Å²) in [5, 5.41) is 0.794. The molecule has 0 radical (unpaired) electrons. The standard InChI is InChI=1S/C6H5Cl.C4H4N2/c7-6-4-2-1-3-5-6;1-2-5-4-6-3-1/h1-5H;1-4H. The van der Waals surface area contributed by atoms with Crippen LogP contribution in [0.1, 0.15) is 0 Å². The van der Waals surface area contributed by atoms with Crippen LogP contribution in [-0.4, -0.2) is 9.97 Å². The van der Waals surface area contributed by atoms with Gasteiger partial charge in [0.15, 0.2) is 0 Å². The van der Waals surface area contributed by atoms with E-state index in [1.54, 1.807) is 18.5 Å². The van der Waals surface area contributed by atoms with Crippen molar-refractivity contribution in [1.29, 1.82) is 0 Å². The highest BCUT2D eigenvalue weighted by Gasteiger charge is 1.74. The summed E-state index contributed by atoms with van der Waals surface area (Å²) in [5.41, 5.74) is 0. The molecule has 2 aromatic rings. The maximum Gasteiger partial charge on any atom is 0.115 e. The average Bonchev–Trinajstić information content (AvgIpc) is 2.22. The van der Waals surface area contributed by atoms with E-state index in [0.29, 0.717) is 0 Å². The fourth-order valence-electron chi connectivity index (χ4n) is 0.668. The van der Waals surface area contributed by atoms with Crippen LogP contribution in [0.3, 0.4) is 0 Å². The number of halogens is 1. The second-order valence-electron chi connectivity index (χ2n) is 2.20. The number of hydrogen-bond donors (Lipinski definition) is 0. The van der Waals surface area contributed by atoms with Gasteiger partial charge in [-0.3, -0.25) is 0 Å². The van der Waals surface area contributed by atoms with E-state index < -0.39 is 0 Å². The third kappa shape index (κ3) is 4.93. The van der Waals surface area contributed by atoms with Crippen LogP contribution < -0.4 is 0 Å². The Morgan fingerprint density at radius 2 is 1.46 bits per heavy atom. The largest absolute Gasteiger partial charge is 0.245 e. The second kappa shape index (κ2) is 6.14. The molecule has 0 unspecified atom stereocenters. The van der Waals surface area contributed by atoms with Gasteiger partial charge in [-0.15, -0.1) is 0 Å². The molecule has 0 fully saturated rings. The molecule has 66 valence electrons. The number of hydrogen-bond acceptors (Lipinski definition) is 2. The van der Waals surface area contributed by atoms with Crippen molar-refractivity contribution in [2.24, 2.45) is 0 Å². The molecule has 13 heavy (non-hydrogen) atoms. The molecule has 0 aliphatic rings. The molecule has 3 heteroatoms. The SMILES string of the molecule is Clc1ccccc1.c1cncnc1. The van der Waals surface area contributed by atoms with Gasteiger partial charge in [0, 0.05) is 17.4 Å². The first-order valence-electron chi connectivity index (χ1n) is 3.80. The lowest BCUT2D eigenvalue weighted by molar-refractivity contribution is 1.17. The zero-order chi connectivity index (χ0) is 9.36. The van der Waals surface area contributed by atoms with Gasteiger partial charge in [-0.05, 0) is 18.2 Å². The zero-order valence-electron chi connectivity index (χ0n) is 6.97. The number of benzene rings is 1. The summed E-state index contributed by atoms with van der Waals surface area (Å²) < 4.78 is 0. The molecule has 0 saturated heterocycles. The van der Waals surface area contributed by atoms with Gasteiger partial charge in [0.2, 0.25) is 0 Å². The van der Waals surface area contributed by atoms with Gasteiger partial charge in [0.05, 0.1) is 0 Å². The van der Waals surface area contributed by atoms with E-state index in [4.69, 9.17) is 11.6 Å². The van der Waals surface area contributed by atoms with Crippen molar-refractivity contribution in [1.82, 2.24) is 9.97 Å². The molecule has 2 nitrogen and oxygen atoms in total. The molecule has 1 aromatic heterocycles. The molecule has 0 aliphatic carbocycles. The van der Waals surface area contributed by atoms with Crippen LogP contribution in [0.25, 0.3) is 0 Å². The number of aromatic nitrogens is 2. The Morgan fingerprint density at radius 1 is 0.846 bits per heavy atom. The lowest BCUT2D eigenvalue weighted by Crippen LogP contribution is -1.66. The topological polar surface area (TPSA) is 25.8 Å². The molecule has 0 atom stereocenters. The highest BCUT2D eigenvalue weighted by atomic mass is 35.5. The highest BCUT2D eigenvalue weighted by Crippen LogP contribution is 2.03. The first kappa shape index (κ1) is 9.68. The van der Waals surface area contributed by atoms with Crippen LogP contribution in [0, 0.1) is 0 Å². The van der Waals surface area contributed by atoms with Crippen molar-refractivity contribution in [2.45, 2.75) is 0 Å². The Labute approximate surface area is 82.2 Å². The Morgan fingerprint density at radius 3 is 1.69 bits per heavy atom. The molecule has 0 spiro atoms. The minimum absolute atomic E-state index is 0.794. The Kier molecular flexibility index (Phi) is 4.57. The molecule has 0 N–H and O–H groups in total. The normalized spacial score (nSPS) is 8.38. The van der Waals surface area contributed by atoms with E-state index in [-0.39, 0.29) is 0 Å². The third-order valence-corrected chi connectivity index (χ3v) is 1.46. The van der Waals surface area contributed by atoms with Crippen LogP contribution in [0.5, 0.6) is 0 Å². The summed E-state index contributed by atoms with van der Waals surface area (Å²) >= 11 is 5.54. The van der Waals surface area contributed by atoms with E-state index in [2.05, 4.69) is 9.97 Å². The van der Waals surface area contributed by atoms with Gasteiger partial charge >= 0.3 is 0 Å². The van der Waals surface area contributed by atoms with E-state index in [1.807, 2.05) is 30.3 Å². The molecule has 0 aliphatic heterocycles. The molecule has 0 saturated carbocycles. The van der Waals surface area contributed by atoms with Crippen molar-refractivity contribution >= 4 is 11.6 Å². The smallest absolute Gasteiger partial charge is 0.115 e. The molecule has 1 aromatic carbocycles. The van der Waals surface area contributed by atoms with Crippen LogP contribution >= 0.6 is 11.6 Å². The highest BCUT2D eigenvalue weighted by molar-refractivity contribution is 6.30. The van der Waals surface area contributed by atoms with Gasteiger partial charge in [-0.25, -0.2) is 9.97 Å². The average molecular weight is 193 g/mol. The Balaban J connectivity index is 0.000000132. The maximum atomic E-state index is 5.54. The first-order valence-corrected chi connectivity index (χ1v) is 4.18. The molecule has 0 amide bonds.